The van der Waals surface area contributed by atoms with Crippen LogP contribution in [0.4, 0.5) is 5.69 Å². The van der Waals surface area contributed by atoms with Crippen molar-refractivity contribution in [3.8, 4) is 0 Å². The Morgan fingerprint density at radius 2 is 1.82 bits per heavy atom. The van der Waals surface area contributed by atoms with Gasteiger partial charge in [0.05, 0.1) is 35.1 Å². The highest BCUT2D eigenvalue weighted by atomic mass is 35.5. The molecule has 11 heteroatoms. The molecule has 34 heavy (non-hydrogen) atoms. The lowest BCUT2D eigenvalue weighted by molar-refractivity contribution is -0.113. The maximum Gasteiger partial charge on any atom is 0.337 e. The molecule has 3 aromatic rings. The highest BCUT2D eigenvalue weighted by molar-refractivity contribution is 7.99. The number of hydrogen-bond acceptors (Lipinski definition) is 7. The Morgan fingerprint density at radius 3 is 2.47 bits per heavy atom. The van der Waals surface area contributed by atoms with E-state index in [-0.39, 0.29) is 17.6 Å². The minimum absolute atomic E-state index is 0.108. The Balaban J connectivity index is 1.60. The fourth-order valence-corrected chi connectivity index (χ4v) is 4.17. The molecule has 0 aliphatic heterocycles. The third-order valence-corrected chi connectivity index (χ3v) is 6.13. The Bertz CT molecular complexity index is 1180. The summed E-state index contributed by atoms with van der Waals surface area (Å²) in [6, 6.07) is 12.8. The van der Waals surface area contributed by atoms with Crippen LogP contribution in [0.15, 0.2) is 53.7 Å². The van der Waals surface area contributed by atoms with Gasteiger partial charge in [0, 0.05) is 12.2 Å². The van der Waals surface area contributed by atoms with E-state index < -0.39 is 12.0 Å². The molecule has 9 nitrogen and oxygen atoms in total. The summed E-state index contributed by atoms with van der Waals surface area (Å²) in [6.45, 7) is 4.31. The fourth-order valence-electron chi connectivity index (χ4n) is 3.14. The molecule has 0 bridgehead atoms. The van der Waals surface area contributed by atoms with Crippen molar-refractivity contribution in [2.24, 2.45) is 0 Å². The lowest BCUT2D eigenvalue weighted by Gasteiger charge is -2.15. The van der Waals surface area contributed by atoms with Crippen LogP contribution in [0.25, 0.3) is 0 Å². The molecular formula is C23H24ClN5O4S. The van der Waals surface area contributed by atoms with Gasteiger partial charge in [0.25, 0.3) is 5.91 Å². The van der Waals surface area contributed by atoms with Gasteiger partial charge >= 0.3 is 5.97 Å². The van der Waals surface area contributed by atoms with Crippen molar-refractivity contribution in [3.05, 3.63) is 70.5 Å². The second-order valence-electron chi connectivity index (χ2n) is 7.17. The number of thioether (sulfide) groups is 1. The number of aromatic nitrogens is 3. The summed E-state index contributed by atoms with van der Waals surface area (Å²) in [5.41, 5.74) is 1.34. The van der Waals surface area contributed by atoms with Gasteiger partial charge in [-0.15, -0.1) is 10.2 Å². The molecule has 1 atom stereocenters. The van der Waals surface area contributed by atoms with Crippen molar-refractivity contribution >= 4 is 46.8 Å². The van der Waals surface area contributed by atoms with Gasteiger partial charge in [-0.25, -0.2) is 4.79 Å². The normalized spacial score (nSPS) is 11.5. The van der Waals surface area contributed by atoms with Gasteiger partial charge < -0.3 is 19.9 Å². The number of esters is 1. The molecule has 2 aromatic carbocycles. The molecule has 1 heterocycles. The van der Waals surface area contributed by atoms with Crippen LogP contribution >= 0.6 is 23.4 Å². The summed E-state index contributed by atoms with van der Waals surface area (Å²) in [4.78, 5) is 36.5. The topological polar surface area (TPSA) is 115 Å². The average molecular weight is 502 g/mol. The number of nitrogens with zero attached hydrogens (tertiary/aromatic N) is 3. The van der Waals surface area contributed by atoms with E-state index in [0.29, 0.717) is 39.4 Å². The number of methoxy groups -OCH3 is 1. The van der Waals surface area contributed by atoms with Crippen molar-refractivity contribution in [3.63, 3.8) is 0 Å². The Hall–Kier alpha value is -3.37. The van der Waals surface area contributed by atoms with Gasteiger partial charge in [-0.2, -0.15) is 0 Å². The summed E-state index contributed by atoms with van der Waals surface area (Å²) in [5.74, 6) is -0.305. The van der Waals surface area contributed by atoms with Gasteiger partial charge in [-0.1, -0.05) is 35.5 Å². The predicted octanol–water partition coefficient (Wildman–Crippen LogP) is 3.96. The zero-order valence-corrected chi connectivity index (χ0v) is 20.4. The monoisotopic (exact) mass is 501 g/mol. The van der Waals surface area contributed by atoms with Crippen LogP contribution in [0.5, 0.6) is 0 Å². The molecule has 0 unspecified atom stereocenters. The minimum Gasteiger partial charge on any atom is -0.465 e. The molecular weight excluding hydrogens is 478 g/mol. The summed E-state index contributed by atoms with van der Waals surface area (Å²) in [7, 11) is 1.31. The number of nitrogens with one attached hydrogen (secondary N) is 2. The van der Waals surface area contributed by atoms with Crippen LogP contribution in [0.1, 0.15) is 46.4 Å². The van der Waals surface area contributed by atoms with E-state index in [2.05, 4.69) is 25.6 Å². The molecule has 178 valence electrons. The Morgan fingerprint density at radius 1 is 1.12 bits per heavy atom. The van der Waals surface area contributed by atoms with Crippen LogP contribution < -0.4 is 10.6 Å². The first kappa shape index (κ1) is 25.3. The number of hydrogen-bond donors (Lipinski definition) is 2. The number of rotatable bonds is 9. The van der Waals surface area contributed by atoms with Gasteiger partial charge in [0.2, 0.25) is 5.91 Å². The zero-order valence-electron chi connectivity index (χ0n) is 18.9. The van der Waals surface area contributed by atoms with Crippen molar-refractivity contribution in [1.29, 1.82) is 0 Å². The van der Waals surface area contributed by atoms with Gasteiger partial charge in [0.15, 0.2) is 11.0 Å². The summed E-state index contributed by atoms with van der Waals surface area (Å²) < 4.78 is 6.51. The number of amides is 2. The SMILES string of the molecule is CCn1c(SCC(=O)Nc2ccc(C(=O)OC)cc2)nnc1[C@@H](C)NC(=O)c1ccccc1Cl. The Labute approximate surface area is 206 Å². The van der Waals surface area contributed by atoms with Gasteiger partial charge in [0.1, 0.15) is 0 Å². The third kappa shape index (κ3) is 6.15. The van der Waals surface area contributed by atoms with Crippen LogP contribution in [0.3, 0.4) is 0 Å². The number of carbonyl (C=O) groups is 3. The van der Waals surface area contributed by atoms with Crippen molar-refractivity contribution in [1.82, 2.24) is 20.1 Å². The first-order chi connectivity index (χ1) is 16.3. The third-order valence-electron chi connectivity index (χ3n) is 4.84. The van der Waals surface area contributed by atoms with Gasteiger partial charge in [-0.05, 0) is 50.2 Å². The molecule has 1 aromatic heterocycles. The first-order valence-electron chi connectivity index (χ1n) is 10.4. The molecule has 0 fully saturated rings. The molecule has 0 spiro atoms. The van der Waals surface area contributed by atoms with Gasteiger partial charge in [-0.3, -0.25) is 9.59 Å². The van der Waals surface area contributed by atoms with Crippen LogP contribution in [-0.4, -0.2) is 45.4 Å². The van der Waals surface area contributed by atoms with Crippen LogP contribution in [0, 0.1) is 0 Å². The molecule has 3 rings (SSSR count). The summed E-state index contributed by atoms with van der Waals surface area (Å²) in [6.07, 6.45) is 0. The van der Waals surface area contributed by atoms with Crippen molar-refractivity contribution in [2.45, 2.75) is 31.6 Å². The first-order valence-corrected chi connectivity index (χ1v) is 11.8. The smallest absolute Gasteiger partial charge is 0.337 e. The van der Waals surface area contributed by atoms with Crippen molar-refractivity contribution in [2.75, 3.05) is 18.2 Å². The van der Waals surface area contributed by atoms with Crippen LogP contribution in [-0.2, 0) is 16.1 Å². The summed E-state index contributed by atoms with van der Waals surface area (Å²) >= 11 is 7.35. The highest BCUT2D eigenvalue weighted by Gasteiger charge is 2.21. The quantitative estimate of drug-likeness (QED) is 0.337. The lowest BCUT2D eigenvalue weighted by atomic mass is 10.2. The maximum absolute atomic E-state index is 12.6. The molecule has 0 aliphatic carbocycles. The number of ether oxygens (including phenoxy) is 1. The number of benzene rings is 2. The van der Waals surface area contributed by atoms with E-state index in [4.69, 9.17) is 11.6 Å². The molecule has 2 N–H and O–H groups in total. The van der Waals surface area contributed by atoms with Crippen molar-refractivity contribution < 1.29 is 19.1 Å². The largest absolute Gasteiger partial charge is 0.465 e. The lowest BCUT2D eigenvalue weighted by Crippen LogP contribution is -2.29. The second kappa shape index (κ2) is 11.7. The molecule has 0 saturated heterocycles. The average Bonchev–Trinajstić information content (AvgIpc) is 3.26. The van der Waals surface area contributed by atoms with E-state index in [9.17, 15) is 14.4 Å². The van der Waals surface area contributed by atoms with E-state index in [1.54, 1.807) is 48.5 Å². The van der Waals surface area contributed by atoms with E-state index >= 15 is 0 Å². The maximum atomic E-state index is 12.6. The molecule has 0 aliphatic rings. The zero-order chi connectivity index (χ0) is 24.7. The van der Waals surface area contributed by atoms with E-state index in [1.165, 1.54) is 18.9 Å². The van der Waals surface area contributed by atoms with E-state index in [0.717, 1.165) is 0 Å². The predicted molar refractivity (Wildman–Crippen MR) is 130 cm³/mol. The molecule has 2 amide bonds. The number of anilines is 1. The second-order valence-corrected chi connectivity index (χ2v) is 8.52. The minimum atomic E-state index is -0.444. The molecule has 0 radical (unpaired) electrons. The van der Waals surface area contributed by atoms with E-state index in [1.807, 2.05) is 18.4 Å². The Kier molecular flexibility index (Phi) is 8.67. The number of carbonyl (C=O) groups excluding carboxylic acids is 3. The number of halogens is 1. The molecule has 0 saturated carbocycles. The highest BCUT2D eigenvalue weighted by Crippen LogP contribution is 2.22. The summed E-state index contributed by atoms with van der Waals surface area (Å²) in [5, 5.41) is 15.0. The fraction of sp³-hybridized carbons (Fsp3) is 0.261. The standard InChI is InChI=1S/C23H24ClN5O4S/c1-4-29-20(14(2)25-21(31)17-7-5-6-8-18(17)24)27-28-23(29)34-13-19(30)26-16-11-9-15(10-12-16)22(32)33-3/h5-12,14H,4,13H2,1-3H3,(H,25,31)(H,26,30)/t14-/m1/s1. The van der Waals surface area contributed by atoms with Crippen LogP contribution in [0.2, 0.25) is 5.02 Å².